The molecule has 0 aliphatic carbocycles. The highest BCUT2D eigenvalue weighted by molar-refractivity contribution is 6.03. The van der Waals surface area contributed by atoms with E-state index in [9.17, 15) is 19.7 Å². The Labute approximate surface area is 159 Å². The maximum absolute atomic E-state index is 12.0. The molecule has 0 radical (unpaired) electrons. The molecular weight excluding hydrogens is 366 g/mol. The second kappa shape index (κ2) is 8.12. The predicted octanol–water partition coefficient (Wildman–Crippen LogP) is 1.81. The van der Waals surface area contributed by atoms with E-state index in [0.717, 1.165) is 0 Å². The number of amides is 2. The van der Waals surface area contributed by atoms with Crippen molar-refractivity contribution < 1.29 is 14.5 Å². The normalized spacial score (nSPS) is 10.5. The van der Waals surface area contributed by atoms with E-state index in [1.807, 2.05) is 0 Å². The first-order valence-electron chi connectivity index (χ1n) is 8.29. The van der Waals surface area contributed by atoms with E-state index < -0.39 is 4.92 Å². The summed E-state index contributed by atoms with van der Waals surface area (Å²) in [5.41, 5.74) is 1.43. The molecule has 0 bridgehead atoms. The van der Waals surface area contributed by atoms with Crippen molar-refractivity contribution in [2.24, 2.45) is 7.05 Å². The molecule has 11 heteroatoms. The highest BCUT2D eigenvalue weighted by Gasteiger charge is 2.12. The van der Waals surface area contributed by atoms with Crippen LogP contribution in [0.3, 0.4) is 0 Å². The van der Waals surface area contributed by atoms with E-state index >= 15 is 0 Å². The SMILES string of the molecule is Cn1ccc(C(=O)Nc2ccc(NC(=O)CCn3ccc([N+](=O)[O-])n3)cc2)n1. The Morgan fingerprint density at radius 2 is 1.71 bits per heavy atom. The maximum Gasteiger partial charge on any atom is 0.389 e. The van der Waals surface area contributed by atoms with Gasteiger partial charge in [-0.2, -0.15) is 9.78 Å². The van der Waals surface area contributed by atoms with Gasteiger partial charge >= 0.3 is 5.82 Å². The fourth-order valence-electron chi connectivity index (χ4n) is 2.38. The summed E-state index contributed by atoms with van der Waals surface area (Å²) < 4.78 is 2.88. The average molecular weight is 383 g/mol. The van der Waals surface area contributed by atoms with Gasteiger partial charge in [0.25, 0.3) is 5.91 Å². The van der Waals surface area contributed by atoms with E-state index in [-0.39, 0.29) is 30.6 Å². The molecule has 1 aromatic carbocycles. The van der Waals surface area contributed by atoms with Crippen molar-refractivity contribution in [3.63, 3.8) is 0 Å². The smallest absolute Gasteiger partial charge is 0.358 e. The summed E-state index contributed by atoms with van der Waals surface area (Å²) in [6, 6.07) is 9.52. The molecule has 144 valence electrons. The molecule has 0 atom stereocenters. The van der Waals surface area contributed by atoms with E-state index in [2.05, 4.69) is 20.8 Å². The fourth-order valence-corrected chi connectivity index (χ4v) is 2.38. The monoisotopic (exact) mass is 383 g/mol. The lowest BCUT2D eigenvalue weighted by molar-refractivity contribution is -0.389. The number of hydrogen-bond donors (Lipinski definition) is 2. The molecule has 3 rings (SSSR count). The Hall–Kier alpha value is -4.02. The highest BCUT2D eigenvalue weighted by atomic mass is 16.6. The summed E-state index contributed by atoms with van der Waals surface area (Å²) in [5, 5.41) is 23.8. The maximum atomic E-state index is 12.0. The topological polar surface area (TPSA) is 137 Å². The van der Waals surface area contributed by atoms with Gasteiger partial charge in [0.05, 0.1) is 23.9 Å². The van der Waals surface area contributed by atoms with Crippen molar-refractivity contribution >= 4 is 29.0 Å². The molecule has 3 aromatic rings. The van der Waals surface area contributed by atoms with Gasteiger partial charge in [-0.3, -0.25) is 14.3 Å². The number of benzene rings is 1. The lowest BCUT2D eigenvalue weighted by Gasteiger charge is -2.07. The van der Waals surface area contributed by atoms with Crippen LogP contribution >= 0.6 is 0 Å². The summed E-state index contributed by atoms with van der Waals surface area (Å²) in [7, 11) is 1.72. The third-order valence-corrected chi connectivity index (χ3v) is 3.75. The minimum atomic E-state index is -0.592. The number of anilines is 2. The number of aromatic nitrogens is 4. The summed E-state index contributed by atoms with van der Waals surface area (Å²) in [6.45, 7) is 0.220. The number of aryl methyl sites for hydroxylation is 2. The molecule has 0 saturated heterocycles. The molecule has 0 spiro atoms. The van der Waals surface area contributed by atoms with Gasteiger partial charge in [0.1, 0.15) is 0 Å². The summed E-state index contributed by atoms with van der Waals surface area (Å²) in [4.78, 5) is 34.1. The molecule has 0 aliphatic rings. The quantitative estimate of drug-likeness (QED) is 0.471. The van der Waals surface area contributed by atoms with Crippen LogP contribution in [-0.2, 0) is 18.4 Å². The van der Waals surface area contributed by atoms with Crippen LogP contribution in [0.15, 0.2) is 48.8 Å². The molecule has 0 saturated carbocycles. The van der Waals surface area contributed by atoms with Crippen LogP contribution < -0.4 is 10.6 Å². The van der Waals surface area contributed by atoms with Crippen LogP contribution in [0.4, 0.5) is 17.2 Å². The Balaban J connectivity index is 1.49. The van der Waals surface area contributed by atoms with Crippen LogP contribution in [-0.4, -0.2) is 36.3 Å². The van der Waals surface area contributed by atoms with E-state index in [0.29, 0.717) is 17.1 Å². The first kappa shape index (κ1) is 18.8. The molecule has 2 amide bonds. The van der Waals surface area contributed by atoms with Gasteiger partial charge in [-0.25, -0.2) is 0 Å². The largest absolute Gasteiger partial charge is 0.389 e. The van der Waals surface area contributed by atoms with E-state index in [1.165, 1.54) is 21.6 Å². The number of hydrogen-bond acceptors (Lipinski definition) is 6. The molecule has 28 heavy (non-hydrogen) atoms. The fraction of sp³-hybridized carbons (Fsp3) is 0.176. The van der Waals surface area contributed by atoms with Crippen molar-refractivity contribution in [3.8, 4) is 0 Å². The van der Waals surface area contributed by atoms with Gasteiger partial charge in [-0.15, -0.1) is 0 Å². The van der Waals surface area contributed by atoms with Crippen molar-refractivity contribution in [1.82, 2.24) is 19.6 Å². The standard InChI is InChI=1S/C17H17N7O4/c1-22-9-6-14(20-22)17(26)19-13-4-2-12(3-5-13)18-16(25)8-11-23-10-7-15(21-23)24(27)28/h2-7,9-10H,8,11H2,1H3,(H,18,25)(H,19,26). The van der Waals surface area contributed by atoms with Crippen LogP contribution in [0, 0.1) is 10.1 Å². The second-order valence-electron chi connectivity index (χ2n) is 5.90. The van der Waals surface area contributed by atoms with E-state index in [1.54, 1.807) is 43.6 Å². The van der Waals surface area contributed by atoms with Gasteiger partial charge in [0, 0.05) is 31.0 Å². The van der Waals surface area contributed by atoms with Crippen LogP contribution in [0.1, 0.15) is 16.9 Å². The first-order chi connectivity index (χ1) is 13.4. The summed E-state index contributed by atoms with van der Waals surface area (Å²) in [6.07, 6.45) is 3.23. The van der Waals surface area contributed by atoms with Crippen LogP contribution in [0.25, 0.3) is 0 Å². The third-order valence-electron chi connectivity index (χ3n) is 3.75. The minimum Gasteiger partial charge on any atom is -0.358 e. The number of rotatable bonds is 7. The molecule has 0 aliphatic heterocycles. The molecular formula is C17H17N7O4. The molecule has 0 fully saturated rings. The summed E-state index contributed by atoms with van der Waals surface area (Å²) in [5.74, 6) is -0.849. The van der Waals surface area contributed by atoms with Gasteiger partial charge < -0.3 is 20.7 Å². The zero-order valence-corrected chi connectivity index (χ0v) is 14.9. The van der Waals surface area contributed by atoms with Crippen molar-refractivity contribution in [1.29, 1.82) is 0 Å². The van der Waals surface area contributed by atoms with Gasteiger partial charge in [0.15, 0.2) is 5.69 Å². The highest BCUT2D eigenvalue weighted by Crippen LogP contribution is 2.15. The van der Waals surface area contributed by atoms with Crippen molar-refractivity contribution in [2.75, 3.05) is 10.6 Å². The second-order valence-corrected chi connectivity index (χ2v) is 5.90. The van der Waals surface area contributed by atoms with E-state index in [4.69, 9.17) is 0 Å². The summed E-state index contributed by atoms with van der Waals surface area (Å²) >= 11 is 0. The van der Waals surface area contributed by atoms with Gasteiger partial charge in [0.2, 0.25) is 5.91 Å². The Bertz CT molecular complexity index is 1010. The average Bonchev–Trinajstić information content (AvgIpc) is 3.31. The van der Waals surface area contributed by atoms with Crippen LogP contribution in [0.5, 0.6) is 0 Å². The lowest BCUT2D eigenvalue weighted by Crippen LogP contribution is -2.15. The molecule has 0 unspecified atom stereocenters. The lowest BCUT2D eigenvalue weighted by atomic mass is 10.2. The predicted molar refractivity (Wildman–Crippen MR) is 99.7 cm³/mol. The zero-order chi connectivity index (χ0) is 20.1. The van der Waals surface area contributed by atoms with Crippen molar-refractivity contribution in [2.45, 2.75) is 13.0 Å². The molecule has 2 heterocycles. The van der Waals surface area contributed by atoms with Crippen molar-refractivity contribution in [3.05, 3.63) is 64.6 Å². The Morgan fingerprint density at radius 1 is 1.04 bits per heavy atom. The first-order valence-corrected chi connectivity index (χ1v) is 8.29. The molecule has 11 nitrogen and oxygen atoms in total. The Kier molecular flexibility index (Phi) is 5.44. The number of carbonyl (C=O) groups is 2. The van der Waals surface area contributed by atoms with Gasteiger partial charge in [-0.05, 0) is 35.3 Å². The molecule has 2 N–H and O–H groups in total. The number of nitrogens with one attached hydrogen (secondary N) is 2. The van der Waals surface area contributed by atoms with Gasteiger partial charge in [-0.1, -0.05) is 0 Å². The minimum absolute atomic E-state index is 0.108. The number of nitro groups is 1. The third kappa shape index (κ3) is 4.78. The van der Waals surface area contributed by atoms with Crippen LogP contribution in [0.2, 0.25) is 0 Å². The zero-order valence-electron chi connectivity index (χ0n) is 14.9. The number of nitrogens with zero attached hydrogens (tertiary/aromatic N) is 5. The Morgan fingerprint density at radius 3 is 2.29 bits per heavy atom. The molecule has 2 aromatic heterocycles. The number of carbonyl (C=O) groups excluding carboxylic acids is 2.